The molecule has 1 aromatic heterocycles. The topological polar surface area (TPSA) is 66.0 Å². The van der Waals surface area contributed by atoms with Crippen molar-refractivity contribution in [2.45, 2.75) is 32.1 Å². The number of aromatic nitrogens is 2. The number of nitrogens with one attached hydrogen (secondary N) is 1. The third kappa shape index (κ3) is 2.17. The number of carboxylic acid groups (broad SMARTS) is 1. The van der Waals surface area contributed by atoms with Gasteiger partial charge in [0.1, 0.15) is 11.6 Å². The Labute approximate surface area is 116 Å². The summed E-state index contributed by atoms with van der Waals surface area (Å²) in [5.41, 5.74) is 1.31. The summed E-state index contributed by atoms with van der Waals surface area (Å²) in [6.07, 6.45) is 2.51. The number of imidazole rings is 1. The standard InChI is InChI=1S/C15H17FN2O2/c1-2-8-5-10(11(6-8)15(19)20)14-17-12-4-3-9(16)7-13(12)18-14/h3-4,7-8,10-11H,2,5-6H2,1H3,(H,17,18)(H,19,20). The number of H-pyrrole nitrogens is 1. The van der Waals surface area contributed by atoms with Gasteiger partial charge in [-0.2, -0.15) is 0 Å². The molecule has 0 spiro atoms. The predicted molar refractivity (Wildman–Crippen MR) is 72.9 cm³/mol. The number of benzene rings is 1. The lowest BCUT2D eigenvalue weighted by Gasteiger charge is -2.12. The van der Waals surface area contributed by atoms with E-state index < -0.39 is 11.9 Å². The molecule has 106 valence electrons. The Balaban J connectivity index is 1.98. The molecule has 0 radical (unpaired) electrons. The Morgan fingerprint density at radius 2 is 2.30 bits per heavy atom. The third-order valence-corrected chi connectivity index (χ3v) is 4.37. The van der Waals surface area contributed by atoms with Gasteiger partial charge >= 0.3 is 5.97 Å². The van der Waals surface area contributed by atoms with Crippen molar-refractivity contribution >= 4 is 17.0 Å². The molecule has 1 fully saturated rings. The number of carboxylic acids is 1. The Kier molecular flexibility index (Phi) is 3.20. The minimum Gasteiger partial charge on any atom is -0.481 e. The van der Waals surface area contributed by atoms with Crippen molar-refractivity contribution in [2.75, 3.05) is 0 Å². The number of nitrogens with zero attached hydrogens (tertiary/aromatic N) is 1. The summed E-state index contributed by atoms with van der Waals surface area (Å²) in [6, 6.07) is 4.38. The van der Waals surface area contributed by atoms with Gasteiger partial charge in [0.2, 0.25) is 0 Å². The monoisotopic (exact) mass is 276 g/mol. The van der Waals surface area contributed by atoms with Crippen LogP contribution in [0.3, 0.4) is 0 Å². The summed E-state index contributed by atoms with van der Waals surface area (Å²) < 4.78 is 13.2. The molecular formula is C15H17FN2O2. The highest BCUT2D eigenvalue weighted by molar-refractivity contribution is 5.76. The van der Waals surface area contributed by atoms with Gasteiger partial charge in [-0.3, -0.25) is 4.79 Å². The maximum Gasteiger partial charge on any atom is 0.307 e. The van der Waals surface area contributed by atoms with Gasteiger partial charge in [-0.05, 0) is 37.0 Å². The van der Waals surface area contributed by atoms with Crippen LogP contribution in [-0.2, 0) is 4.79 Å². The van der Waals surface area contributed by atoms with Crippen LogP contribution in [0.1, 0.15) is 37.9 Å². The first kappa shape index (κ1) is 13.1. The third-order valence-electron chi connectivity index (χ3n) is 4.37. The van der Waals surface area contributed by atoms with Gasteiger partial charge in [0.05, 0.1) is 17.0 Å². The van der Waals surface area contributed by atoms with Crippen LogP contribution in [0, 0.1) is 17.7 Å². The fourth-order valence-electron chi connectivity index (χ4n) is 3.23. The van der Waals surface area contributed by atoms with E-state index in [1.807, 2.05) is 0 Å². The highest BCUT2D eigenvalue weighted by atomic mass is 19.1. The zero-order valence-electron chi connectivity index (χ0n) is 11.3. The van der Waals surface area contributed by atoms with Crippen LogP contribution in [-0.4, -0.2) is 21.0 Å². The lowest BCUT2D eigenvalue weighted by molar-refractivity contribution is -0.142. The van der Waals surface area contributed by atoms with Crippen LogP contribution in [0.5, 0.6) is 0 Å². The van der Waals surface area contributed by atoms with Gasteiger partial charge in [-0.15, -0.1) is 0 Å². The maximum absolute atomic E-state index is 13.2. The van der Waals surface area contributed by atoms with Crippen LogP contribution in [0.2, 0.25) is 0 Å². The smallest absolute Gasteiger partial charge is 0.307 e. The van der Waals surface area contributed by atoms with Crippen LogP contribution in [0.25, 0.3) is 11.0 Å². The molecule has 3 atom stereocenters. The van der Waals surface area contributed by atoms with Crippen molar-refractivity contribution < 1.29 is 14.3 Å². The Morgan fingerprint density at radius 3 is 3.00 bits per heavy atom. The van der Waals surface area contributed by atoms with E-state index in [9.17, 15) is 14.3 Å². The number of aromatic amines is 1. The van der Waals surface area contributed by atoms with E-state index in [4.69, 9.17) is 0 Å². The van der Waals surface area contributed by atoms with Crippen molar-refractivity contribution in [1.29, 1.82) is 0 Å². The minimum absolute atomic E-state index is 0.104. The molecule has 3 unspecified atom stereocenters. The average molecular weight is 276 g/mol. The number of carbonyl (C=O) groups is 1. The van der Waals surface area contributed by atoms with Gasteiger partial charge in [-0.1, -0.05) is 13.3 Å². The number of rotatable bonds is 3. The zero-order valence-corrected chi connectivity index (χ0v) is 11.3. The molecule has 20 heavy (non-hydrogen) atoms. The van der Waals surface area contributed by atoms with Crippen LogP contribution >= 0.6 is 0 Å². The van der Waals surface area contributed by atoms with Crippen molar-refractivity contribution in [2.24, 2.45) is 11.8 Å². The molecule has 0 aliphatic heterocycles. The number of fused-ring (bicyclic) bond motifs is 1. The normalized spacial score (nSPS) is 26.2. The molecule has 1 heterocycles. The molecule has 0 amide bonds. The molecular weight excluding hydrogens is 259 g/mol. The molecule has 1 aliphatic rings. The molecule has 5 heteroatoms. The van der Waals surface area contributed by atoms with Gasteiger partial charge < -0.3 is 10.1 Å². The highest BCUT2D eigenvalue weighted by Crippen LogP contribution is 2.43. The lowest BCUT2D eigenvalue weighted by atomic mass is 9.96. The highest BCUT2D eigenvalue weighted by Gasteiger charge is 2.40. The number of halogens is 1. The first-order valence-electron chi connectivity index (χ1n) is 6.96. The van der Waals surface area contributed by atoms with E-state index in [2.05, 4.69) is 16.9 Å². The number of aliphatic carboxylic acids is 1. The second kappa shape index (κ2) is 4.89. The summed E-state index contributed by atoms with van der Waals surface area (Å²) in [4.78, 5) is 19.0. The zero-order chi connectivity index (χ0) is 14.3. The SMILES string of the molecule is CCC1CC(C(=O)O)C(c2nc3ccc(F)cc3[nH]2)C1. The molecule has 1 aliphatic carbocycles. The molecule has 1 saturated carbocycles. The van der Waals surface area contributed by atoms with E-state index >= 15 is 0 Å². The Hall–Kier alpha value is -1.91. The molecule has 3 rings (SSSR count). The van der Waals surface area contributed by atoms with Crippen molar-refractivity contribution in [3.05, 3.63) is 29.8 Å². The summed E-state index contributed by atoms with van der Waals surface area (Å²) in [6.45, 7) is 2.08. The summed E-state index contributed by atoms with van der Waals surface area (Å²) >= 11 is 0. The van der Waals surface area contributed by atoms with E-state index in [0.29, 0.717) is 29.2 Å². The maximum atomic E-state index is 13.2. The number of hydrogen-bond donors (Lipinski definition) is 2. The van der Waals surface area contributed by atoms with Crippen molar-refractivity contribution in [3.63, 3.8) is 0 Å². The van der Waals surface area contributed by atoms with Gasteiger partial charge in [-0.25, -0.2) is 9.37 Å². The van der Waals surface area contributed by atoms with Gasteiger partial charge in [0.15, 0.2) is 0 Å². The molecule has 0 saturated heterocycles. The predicted octanol–water partition coefficient (Wildman–Crippen LogP) is 3.31. The first-order chi connectivity index (χ1) is 9.58. The van der Waals surface area contributed by atoms with Crippen LogP contribution in [0.4, 0.5) is 4.39 Å². The van der Waals surface area contributed by atoms with Crippen LogP contribution < -0.4 is 0 Å². The van der Waals surface area contributed by atoms with E-state index in [0.717, 1.165) is 12.8 Å². The molecule has 4 nitrogen and oxygen atoms in total. The molecule has 1 aromatic carbocycles. The second-order valence-corrected chi connectivity index (χ2v) is 5.58. The summed E-state index contributed by atoms with van der Waals surface area (Å²) in [5, 5.41) is 9.38. The molecule has 2 N–H and O–H groups in total. The van der Waals surface area contributed by atoms with Crippen molar-refractivity contribution in [3.8, 4) is 0 Å². The first-order valence-corrected chi connectivity index (χ1v) is 6.96. The lowest BCUT2D eigenvalue weighted by Crippen LogP contribution is -2.17. The summed E-state index contributed by atoms with van der Waals surface area (Å²) in [5.74, 6) is -0.490. The van der Waals surface area contributed by atoms with Crippen molar-refractivity contribution in [1.82, 2.24) is 9.97 Å². The summed E-state index contributed by atoms with van der Waals surface area (Å²) in [7, 11) is 0. The molecule has 2 aromatic rings. The van der Waals surface area contributed by atoms with Gasteiger partial charge in [0, 0.05) is 5.92 Å². The fraction of sp³-hybridized carbons (Fsp3) is 0.467. The molecule has 0 bridgehead atoms. The largest absolute Gasteiger partial charge is 0.481 e. The Morgan fingerprint density at radius 1 is 1.50 bits per heavy atom. The fourth-order valence-corrected chi connectivity index (χ4v) is 3.23. The average Bonchev–Trinajstić information content (AvgIpc) is 3.00. The van der Waals surface area contributed by atoms with E-state index in [1.54, 1.807) is 6.07 Å². The van der Waals surface area contributed by atoms with Crippen LogP contribution in [0.15, 0.2) is 18.2 Å². The van der Waals surface area contributed by atoms with Gasteiger partial charge in [0.25, 0.3) is 0 Å². The van der Waals surface area contributed by atoms with E-state index in [1.165, 1.54) is 12.1 Å². The second-order valence-electron chi connectivity index (χ2n) is 5.58. The quantitative estimate of drug-likeness (QED) is 0.903. The minimum atomic E-state index is -0.766. The number of hydrogen-bond acceptors (Lipinski definition) is 2. The Bertz CT molecular complexity index is 652. The van der Waals surface area contributed by atoms with E-state index in [-0.39, 0.29) is 11.7 Å².